The van der Waals surface area contributed by atoms with Crippen molar-refractivity contribution in [1.82, 2.24) is 5.32 Å². The van der Waals surface area contributed by atoms with Gasteiger partial charge in [0.2, 0.25) is 0 Å². The molecule has 2 rings (SSSR count). The highest BCUT2D eigenvalue weighted by Crippen LogP contribution is 2.24. The third-order valence-corrected chi connectivity index (χ3v) is 3.43. The molecule has 1 fully saturated rings. The quantitative estimate of drug-likeness (QED) is 0.864. The van der Waals surface area contributed by atoms with E-state index in [1.54, 1.807) is 12.1 Å². The Balaban J connectivity index is 1.96. The van der Waals surface area contributed by atoms with Gasteiger partial charge in [-0.05, 0) is 42.5 Å². The smallest absolute Gasteiger partial charge is 0.287 e. The Labute approximate surface area is 100 Å². The number of amides is 1. The summed E-state index contributed by atoms with van der Waals surface area (Å²) in [5.74, 6) is 0.677. The maximum Gasteiger partial charge on any atom is 0.287 e. The first-order chi connectivity index (χ1) is 7.66. The molecule has 0 aliphatic heterocycles. The van der Waals surface area contributed by atoms with E-state index >= 15 is 0 Å². The van der Waals surface area contributed by atoms with Crippen molar-refractivity contribution >= 4 is 17.5 Å². The van der Waals surface area contributed by atoms with Gasteiger partial charge in [-0.15, -0.1) is 0 Å². The summed E-state index contributed by atoms with van der Waals surface area (Å²) in [6.07, 6.45) is 4.69. The lowest BCUT2D eigenvalue weighted by Crippen LogP contribution is -2.40. The molecule has 1 aliphatic rings. The molecule has 1 saturated carbocycles. The van der Waals surface area contributed by atoms with Gasteiger partial charge in [-0.3, -0.25) is 4.79 Å². The Kier molecular flexibility index (Phi) is 3.54. The molecule has 0 saturated heterocycles. The molecule has 2 unspecified atom stereocenters. The Morgan fingerprint density at radius 1 is 1.44 bits per heavy atom. The molecule has 16 heavy (non-hydrogen) atoms. The van der Waals surface area contributed by atoms with E-state index in [9.17, 15) is 4.79 Å². The number of nitrogens with one attached hydrogen (secondary N) is 1. The van der Waals surface area contributed by atoms with Crippen LogP contribution in [0.4, 0.5) is 0 Å². The predicted molar refractivity (Wildman–Crippen MR) is 62.6 cm³/mol. The van der Waals surface area contributed by atoms with E-state index < -0.39 is 0 Å². The van der Waals surface area contributed by atoms with E-state index in [0.717, 1.165) is 6.42 Å². The fourth-order valence-electron chi connectivity index (χ4n) is 2.21. The maximum atomic E-state index is 11.8. The van der Waals surface area contributed by atoms with E-state index in [2.05, 4.69) is 12.2 Å². The summed E-state index contributed by atoms with van der Waals surface area (Å²) in [7, 11) is 0. The first-order valence-corrected chi connectivity index (χ1v) is 6.11. The van der Waals surface area contributed by atoms with Crippen molar-refractivity contribution in [2.75, 3.05) is 0 Å². The van der Waals surface area contributed by atoms with Crippen molar-refractivity contribution in [1.29, 1.82) is 0 Å². The topological polar surface area (TPSA) is 42.2 Å². The lowest BCUT2D eigenvalue weighted by atomic mass is 9.86. The van der Waals surface area contributed by atoms with Crippen LogP contribution in [0.1, 0.15) is 43.2 Å². The first kappa shape index (κ1) is 11.5. The van der Waals surface area contributed by atoms with Gasteiger partial charge >= 0.3 is 0 Å². The van der Waals surface area contributed by atoms with E-state index in [1.807, 2.05) is 0 Å². The standard InChI is InChI=1S/C12H16ClNO2/c1-8-4-2-3-5-9(8)14-12(15)10-6-7-11(13)16-10/h6-9H,2-5H2,1H3,(H,14,15). The van der Waals surface area contributed by atoms with Gasteiger partial charge < -0.3 is 9.73 Å². The number of hydrogen-bond donors (Lipinski definition) is 1. The largest absolute Gasteiger partial charge is 0.440 e. The number of rotatable bonds is 2. The summed E-state index contributed by atoms with van der Waals surface area (Å²) < 4.78 is 5.08. The fraction of sp³-hybridized carbons (Fsp3) is 0.583. The summed E-state index contributed by atoms with van der Waals surface area (Å²) in [6, 6.07) is 3.46. The first-order valence-electron chi connectivity index (χ1n) is 5.73. The van der Waals surface area contributed by atoms with Gasteiger partial charge in [0.1, 0.15) is 0 Å². The molecule has 1 aromatic heterocycles. The van der Waals surface area contributed by atoms with Crippen LogP contribution < -0.4 is 5.32 Å². The van der Waals surface area contributed by atoms with Crippen molar-refractivity contribution < 1.29 is 9.21 Å². The molecule has 0 bridgehead atoms. The zero-order valence-corrected chi connectivity index (χ0v) is 10.1. The minimum Gasteiger partial charge on any atom is -0.440 e. The number of furan rings is 1. The van der Waals surface area contributed by atoms with Gasteiger partial charge in [-0.2, -0.15) is 0 Å². The second kappa shape index (κ2) is 4.91. The molecule has 4 heteroatoms. The van der Waals surface area contributed by atoms with Crippen LogP contribution in [0.25, 0.3) is 0 Å². The lowest BCUT2D eigenvalue weighted by Gasteiger charge is -2.29. The zero-order valence-electron chi connectivity index (χ0n) is 9.33. The summed E-state index contributed by atoms with van der Waals surface area (Å²) in [5, 5.41) is 3.26. The van der Waals surface area contributed by atoms with E-state index in [0.29, 0.717) is 11.7 Å². The van der Waals surface area contributed by atoms with Crippen molar-refractivity contribution in [3.63, 3.8) is 0 Å². The molecule has 1 amide bonds. The normalized spacial score (nSPS) is 25.4. The number of hydrogen-bond acceptors (Lipinski definition) is 2. The highest BCUT2D eigenvalue weighted by Gasteiger charge is 2.24. The van der Waals surface area contributed by atoms with Gasteiger partial charge in [0, 0.05) is 6.04 Å². The number of halogens is 1. The van der Waals surface area contributed by atoms with Gasteiger partial charge in [-0.25, -0.2) is 0 Å². The van der Waals surface area contributed by atoms with Crippen LogP contribution in [-0.4, -0.2) is 11.9 Å². The monoisotopic (exact) mass is 241 g/mol. The Morgan fingerprint density at radius 3 is 2.81 bits per heavy atom. The molecular formula is C12H16ClNO2. The molecule has 88 valence electrons. The minimum atomic E-state index is -0.161. The summed E-state index contributed by atoms with van der Waals surface area (Å²) >= 11 is 5.63. The minimum absolute atomic E-state index is 0.161. The molecule has 0 aromatic carbocycles. The van der Waals surface area contributed by atoms with Crippen LogP contribution in [0.5, 0.6) is 0 Å². The fourth-order valence-corrected chi connectivity index (χ4v) is 2.35. The molecule has 0 spiro atoms. The van der Waals surface area contributed by atoms with Gasteiger partial charge in [0.05, 0.1) is 0 Å². The third-order valence-electron chi connectivity index (χ3n) is 3.22. The highest BCUT2D eigenvalue weighted by atomic mass is 35.5. The second-order valence-corrected chi connectivity index (χ2v) is 4.82. The third kappa shape index (κ3) is 2.59. The van der Waals surface area contributed by atoms with Crippen molar-refractivity contribution in [2.45, 2.75) is 38.6 Å². The average Bonchev–Trinajstić information content (AvgIpc) is 2.68. The van der Waals surface area contributed by atoms with Crippen LogP contribution in [0.3, 0.4) is 0 Å². The van der Waals surface area contributed by atoms with E-state index in [-0.39, 0.29) is 17.2 Å². The lowest BCUT2D eigenvalue weighted by molar-refractivity contribution is 0.0882. The van der Waals surface area contributed by atoms with Gasteiger partial charge in [0.15, 0.2) is 11.0 Å². The van der Waals surface area contributed by atoms with Crippen molar-refractivity contribution in [3.05, 3.63) is 23.1 Å². The van der Waals surface area contributed by atoms with Crippen LogP contribution in [0.15, 0.2) is 16.5 Å². The summed E-state index contributed by atoms with van der Waals surface area (Å²) in [6.45, 7) is 2.18. The van der Waals surface area contributed by atoms with Crippen LogP contribution in [-0.2, 0) is 0 Å². The van der Waals surface area contributed by atoms with E-state index in [1.165, 1.54) is 19.3 Å². The molecule has 1 heterocycles. The van der Waals surface area contributed by atoms with Gasteiger partial charge in [-0.1, -0.05) is 19.8 Å². The zero-order chi connectivity index (χ0) is 11.5. The molecule has 3 nitrogen and oxygen atoms in total. The van der Waals surface area contributed by atoms with Crippen molar-refractivity contribution in [3.8, 4) is 0 Å². The molecule has 1 aliphatic carbocycles. The summed E-state index contributed by atoms with van der Waals surface area (Å²) in [5.41, 5.74) is 0. The molecular weight excluding hydrogens is 226 g/mol. The van der Waals surface area contributed by atoms with Crippen LogP contribution in [0.2, 0.25) is 5.22 Å². The van der Waals surface area contributed by atoms with Crippen LogP contribution in [0, 0.1) is 5.92 Å². The predicted octanol–water partition coefficient (Wildman–Crippen LogP) is 3.24. The number of carbonyl (C=O) groups is 1. The van der Waals surface area contributed by atoms with Crippen LogP contribution >= 0.6 is 11.6 Å². The second-order valence-electron chi connectivity index (χ2n) is 4.45. The average molecular weight is 242 g/mol. The van der Waals surface area contributed by atoms with Gasteiger partial charge in [0.25, 0.3) is 5.91 Å². The molecule has 0 radical (unpaired) electrons. The summed E-state index contributed by atoms with van der Waals surface area (Å²) in [4.78, 5) is 11.8. The molecule has 1 N–H and O–H groups in total. The molecule has 2 atom stereocenters. The van der Waals surface area contributed by atoms with E-state index in [4.69, 9.17) is 16.0 Å². The Morgan fingerprint density at radius 2 is 2.19 bits per heavy atom. The highest BCUT2D eigenvalue weighted by molar-refractivity contribution is 6.29. The van der Waals surface area contributed by atoms with Crippen molar-refractivity contribution in [2.24, 2.45) is 5.92 Å². The Bertz CT molecular complexity index is 375. The molecule has 1 aromatic rings. The SMILES string of the molecule is CC1CCCCC1NC(=O)c1ccc(Cl)o1. The maximum absolute atomic E-state index is 11.8. The number of carbonyl (C=O) groups excluding carboxylic acids is 1. The Hall–Kier alpha value is -0.960.